The predicted molar refractivity (Wildman–Crippen MR) is 377 cm³/mol. The van der Waals surface area contributed by atoms with Gasteiger partial charge in [0.25, 0.3) is 0 Å². The summed E-state index contributed by atoms with van der Waals surface area (Å²) in [7, 11) is -9.91. The van der Waals surface area contributed by atoms with Crippen molar-refractivity contribution in [2.45, 2.75) is 394 Å². The molecule has 552 valence electrons. The number of hydrogen-bond acceptors (Lipinski definition) is 15. The topological polar surface area (TPSA) is 237 Å². The van der Waals surface area contributed by atoms with Crippen LogP contribution < -0.4 is 0 Å². The molecule has 4 unspecified atom stereocenters. The maximum absolute atomic E-state index is 13.1. The summed E-state index contributed by atoms with van der Waals surface area (Å²) in [5, 5.41) is 10.6. The maximum atomic E-state index is 13.1. The first-order valence-electron chi connectivity index (χ1n) is 38.4. The molecule has 0 aromatic rings. The average molecular weight is 1370 g/mol. The second-order valence-corrected chi connectivity index (χ2v) is 30.6. The van der Waals surface area contributed by atoms with Gasteiger partial charge in [-0.2, -0.15) is 0 Å². The van der Waals surface area contributed by atoms with Gasteiger partial charge < -0.3 is 33.8 Å². The number of aliphatic hydroxyl groups is 1. The van der Waals surface area contributed by atoms with Gasteiger partial charge in [-0.15, -0.1) is 0 Å². The lowest BCUT2D eigenvalue weighted by atomic mass is 9.99. The van der Waals surface area contributed by atoms with Crippen LogP contribution in [0.2, 0.25) is 0 Å². The van der Waals surface area contributed by atoms with Crippen LogP contribution in [-0.4, -0.2) is 96.7 Å². The molecule has 0 heterocycles. The van der Waals surface area contributed by atoms with Crippen LogP contribution in [0, 0.1) is 17.8 Å². The van der Waals surface area contributed by atoms with Crippen LogP contribution in [0.4, 0.5) is 0 Å². The molecule has 0 aliphatic carbocycles. The number of rotatable bonds is 72. The molecule has 7 atom stereocenters. The van der Waals surface area contributed by atoms with Gasteiger partial charge in [0.2, 0.25) is 0 Å². The van der Waals surface area contributed by atoms with Crippen molar-refractivity contribution in [3.8, 4) is 0 Å². The average Bonchev–Trinajstić information content (AvgIpc) is 2.01. The van der Waals surface area contributed by atoms with Crippen LogP contribution in [0.15, 0.2) is 0 Å². The Morgan fingerprint density at radius 1 is 0.312 bits per heavy atom. The summed E-state index contributed by atoms with van der Waals surface area (Å²) in [6, 6.07) is 0. The molecule has 0 rings (SSSR count). The molecule has 93 heavy (non-hydrogen) atoms. The quantitative estimate of drug-likeness (QED) is 0.0222. The number of aliphatic hydroxyl groups excluding tert-OH is 1. The van der Waals surface area contributed by atoms with E-state index in [1.54, 1.807) is 0 Å². The highest BCUT2D eigenvalue weighted by Gasteiger charge is 2.30. The zero-order chi connectivity index (χ0) is 68.7. The largest absolute Gasteiger partial charge is 0.472 e. The second-order valence-electron chi connectivity index (χ2n) is 27.6. The van der Waals surface area contributed by atoms with Gasteiger partial charge in [-0.25, -0.2) is 9.13 Å². The molecule has 0 aromatic carbocycles. The van der Waals surface area contributed by atoms with Gasteiger partial charge in [0.15, 0.2) is 12.2 Å². The number of unbranched alkanes of at least 4 members (excludes halogenated alkanes) is 38. The summed E-state index contributed by atoms with van der Waals surface area (Å²) in [5.41, 5.74) is 0. The van der Waals surface area contributed by atoms with Gasteiger partial charge in [-0.1, -0.05) is 325 Å². The molecule has 0 fully saturated rings. The third kappa shape index (κ3) is 65.8. The fourth-order valence-electron chi connectivity index (χ4n) is 11.2. The summed E-state index contributed by atoms with van der Waals surface area (Å²) >= 11 is 0. The molecule has 0 aromatic heterocycles. The summed E-state index contributed by atoms with van der Waals surface area (Å²) in [4.78, 5) is 72.8. The number of carbonyl (C=O) groups excluding carboxylic acids is 4. The fraction of sp³-hybridized carbons (Fsp3) is 0.946. The van der Waals surface area contributed by atoms with E-state index in [4.69, 9.17) is 37.0 Å². The van der Waals surface area contributed by atoms with Gasteiger partial charge in [0, 0.05) is 25.7 Å². The van der Waals surface area contributed by atoms with Crippen LogP contribution in [0.5, 0.6) is 0 Å². The van der Waals surface area contributed by atoms with E-state index < -0.39 is 97.5 Å². The molecular weight excluding hydrogens is 1220 g/mol. The minimum atomic E-state index is -4.96. The van der Waals surface area contributed by atoms with E-state index in [1.807, 2.05) is 0 Å². The number of phosphoric acid groups is 2. The summed E-state index contributed by atoms with van der Waals surface area (Å²) < 4.78 is 68.5. The molecule has 0 spiro atoms. The predicted octanol–water partition coefficient (Wildman–Crippen LogP) is 21.4. The highest BCUT2D eigenvalue weighted by molar-refractivity contribution is 7.47. The lowest BCUT2D eigenvalue weighted by Gasteiger charge is -2.21. The lowest BCUT2D eigenvalue weighted by molar-refractivity contribution is -0.161. The number of hydrogen-bond donors (Lipinski definition) is 3. The molecule has 0 amide bonds. The second kappa shape index (κ2) is 64.7. The number of esters is 4. The zero-order valence-corrected chi connectivity index (χ0v) is 62.5. The Hall–Kier alpha value is -1.94. The van der Waals surface area contributed by atoms with Crippen molar-refractivity contribution >= 4 is 39.5 Å². The van der Waals surface area contributed by atoms with Gasteiger partial charge in [-0.3, -0.25) is 37.3 Å². The normalized spacial score (nSPS) is 14.7. The summed E-state index contributed by atoms with van der Waals surface area (Å²) in [6.07, 6.45) is 49.7. The Bertz CT molecular complexity index is 1820. The molecule has 0 aliphatic rings. The minimum absolute atomic E-state index is 0.104. The number of ether oxygens (including phenoxy) is 4. The summed E-state index contributed by atoms with van der Waals surface area (Å²) in [6.45, 7) is 11.9. The molecular formula is C74H144O17P2. The van der Waals surface area contributed by atoms with Crippen molar-refractivity contribution in [1.29, 1.82) is 0 Å². The number of phosphoric ester groups is 2. The molecule has 0 radical (unpaired) electrons. The first-order chi connectivity index (χ1) is 44.8. The third-order valence-corrected chi connectivity index (χ3v) is 19.8. The highest BCUT2D eigenvalue weighted by Crippen LogP contribution is 2.45. The van der Waals surface area contributed by atoms with Crippen LogP contribution in [0.1, 0.15) is 376 Å². The molecule has 0 saturated carbocycles. The molecule has 0 saturated heterocycles. The van der Waals surface area contributed by atoms with E-state index >= 15 is 0 Å². The minimum Gasteiger partial charge on any atom is -0.462 e. The smallest absolute Gasteiger partial charge is 0.462 e. The highest BCUT2D eigenvalue weighted by atomic mass is 31.2. The van der Waals surface area contributed by atoms with Crippen molar-refractivity contribution in [1.82, 2.24) is 0 Å². The molecule has 0 bridgehead atoms. The van der Waals surface area contributed by atoms with E-state index in [1.165, 1.54) is 186 Å². The van der Waals surface area contributed by atoms with Gasteiger partial charge in [0.05, 0.1) is 26.4 Å². The van der Waals surface area contributed by atoms with Crippen molar-refractivity contribution in [3.05, 3.63) is 0 Å². The van der Waals surface area contributed by atoms with Crippen molar-refractivity contribution in [2.75, 3.05) is 39.6 Å². The van der Waals surface area contributed by atoms with Gasteiger partial charge in [-0.05, 0) is 43.4 Å². The number of carbonyl (C=O) groups is 4. The standard InChI is InChI=1S/C74H144O17P2/c1-8-11-12-13-14-15-16-17-18-22-25-34-41-48-55-71(76)84-61-69(90-73(78)57-50-43-36-26-23-20-19-21-24-31-38-45-52-65(4)5)63-88-92(80,81)86-59-68(75)60-87-93(82,83)89-64-70(91-74(79)58-51-44-37-30-28-33-40-47-54-67(7)10-3)62-85-72(77)56-49-42-35-29-27-32-39-46-53-66(6)9-2/h65-70,75H,8-64H2,1-7H3,(H,80,81)(H,82,83)/t66?,67?,68-,69-,70-/m1/s1. The van der Waals surface area contributed by atoms with E-state index in [9.17, 15) is 43.2 Å². The van der Waals surface area contributed by atoms with Gasteiger partial charge >= 0.3 is 39.5 Å². The molecule has 0 aliphatic heterocycles. The monoisotopic (exact) mass is 1370 g/mol. The zero-order valence-electron chi connectivity index (χ0n) is 60.7. The van der Waals surface area contributed by atoms with Crippen LogP contribution in [-0.2, 0) is 65.4 Å². The first kappa shape index (κ1) is 91.1. The SMILES string of the molecule is CCCCCCCCCCCCCCCCC(=O)OC[C@H](COP(=O)(O)OC[C@@H](O)COP(=O)(O)OC[C@@H](COC(=O)CCCCCCCCCCC(C)CC)OC(=O)CCCCCCCCCCC(C)CC)OC(=O)CCCCCCCCCCCCCCC(C)C. The van der Waals surface area contributed by atoms with Crippen LogP contribution in [0.3, 0.4) is 0 Å². The van der Waals surface area contributed by atoms with Crippen LogP contribution >= 0.6 is 15.6 Å². The Morgan fingerprint density at radius 3 is 0.817 bits per heavy atom. The maximum Gasteiger partial charge on any atom is 0.472 e. The van der Waals surface area contributed by atoms with E-state index in [2.05, 4.69) is 48.5 Å². The van der Waals surface area contributed by atoms with Crippen molar-refractivity contribution < 1.29 is 80.2 Å². The van der Waals surface area contributed by atoms with Crippen molar-refractivity contribution in [3.63, 3.8) is 0 Å². The fourth-order valence-corrected chi connectivity index (χ4v) is 12.8. The van der Waals surface area contributed by atoms with Crippen molar-refractivity contribution in [2.24, 2.45) is 17.8 Å². The third-order valence-electron chi connectivity index (χ3n) is 17.9. The lowest BCUT2D eigenvalue weighted by Crippen LogP contribution is -2.30. The Labute approximate surface area is 568 Å². The van der Waals surface area contributed by atoms with E-state index in [0.29, 0.717) is 25.7 Å². The Balaban J connectivity index is 5.28. The summed E-state index contributed by atoms with van der Waals surface area (Å²) in [5.74, 6) is 0.203. The van der Waals surface area contributed by atoms with Gasteiger partial charge in [0.1, 0.15) is 19.3 Å². The van der Waals surface area contributed by atoms with E-state index in [0.717, 1.165) is 108 Å². The van der Waals surface area contributed by atoms with E-state index in [-0.39, 0.29) is 25.7 Å². The Kier molecular flexibility index (Phi) is 63.4. The Morgan fingerprint density at radius 2 is 0.548 bits per heavy atom. The molecule has 19 heteroatoms. The first-order valence-corrected chi connectivity index (χ1v) is 41.4. The molecule has 3 N–H and O–H groups in total. The molecule has 17 nitrogen and oxygen atoms in total. The van der Waals surface area contributed by atoms with Crippen LogP contribution in [0.25, 0.3) is 0 Å².